The maximum absolute atomic E-state index is 12.4. The highest BCUT2D eigenvalue weighted by Gasteiger charge is 2.20. The van der Waals surface area contributed by atoms with Crippen molar-refractivity contribution in [1.29, 1.82) is 0 Å². The number of carbonyl (C=O) groups is 3. The standard InChI is InChI=1S/C20H24N6O4/c1-5-26(6-2)20(29)30-17-12-16(25-24-15-10-8-7-9-11-15)18(21-13(3)27)23-19(17)22-14(4)28/h7-12H,5-6H2,1-4H3,(H2,21,22,23,27,28). The highest BCUT2D eigenvalue weighted by atomic mass is 16.6. The van der Waals surface area contributed by atoms with Crippen LogP contribution >= 0.6 is 0 Å². The maximum Gasteiger partial charge on any atom is 0.415 e. The van der Waals surface area contributed by atoms with Crippen molar-refractivity contribution in [3.63, 3.8) is 0 Å². The average molecular weight is 412 g/mol. The molecule has 0 saturated heterocycles. The zero-order valence-corrected chi connectivity index (χ0v) is 17.3. The lowest BCUT2D eigenvalue weighted by Gasteiger charge is -2.19. The third kappa shape index (κ3) is 6.36. The largest absolute Gasteiger partial charge is 0.415 e. The van der Waals surface area contributed by atoms with Crippen LogP contribution in [0.5, 0.6) is 5.75 Å². The minimum atomic E-state index is -0.605. The first-order valence-corrected chi connectivity index (χ1v) is 9.37. The van der Waals surface area contributed by atoms with Crippen molar-refractivity contribution in [2.45, 2.75) is 27.7 Å². The van der Waals surface area contributed by atoms with Crippen LogP contribution in [-0.2, 0) is 9.59 Å². The fraction of sp³-hybridized carbons (Fsp3) is 0.300. The molecule has 0 aliphatic carbocycles. The smallest absolute Gasteiger partial charge is 0.406 e. The molecule has 30 heavy (non-hydrogen) atoms. The van der Waals surface area contributed by atoms with Gasteiger partial charge in [0.1, 0.15) is 5.69 Å². The Morgan fingerprint density at radius 2 is 1.57 bits per heavy atom. The Kier molecular flexibility index (Phi) is 7.98. The summed E-state index contributed by atoms with van der Waals surface area (Å²) in [6.07, 6.45) is -0.605. The van der Waals surface area contributed by atoms with Gasteiger partial charge in [-0.15, -0.1) is 5.11 Å². The number of ether oxygens (including phenoxy) is 1. The van der Waals surface area contributed by atoms with Crippen molar-refractivity contribution in [2.24, 2.45) is 10.2 Å². The molecule has 0 bridgehead atoms. The normalized spacial score (nSPS) is 10.5. The number of rotatable bonds is 7. The number of hydrogen-bond donors (Lipinski definition) is 2. The van der Waals surface area contributed by atoms with E-state index in [1.165, 1.54) is 24.8 Å². The molecule has 1 heterocycles. The Morgan fingerprint density at radius 3 is 2.13 bits per heavy atom. The fourth-order valence-electron chi connectivity index (χ4n) is 2.40. The summed E-state index contributed by atoms with van der Waals surface area (Å²) >= 11 is 0. The molecule has 0 aliphatic rings. The molecule has 0 radical (unpaired) electrons. The summed E-state index contributed by atoms with van der Waals surface area (Å²) in [4.78, 5) is 41.3. The van der Waals surface area contributed by atoms with Gasteiger partial charge in [-0.2, -0.15) is 5.11 Å². The number of aromatic nitrogens is 1. The van der Waals surface area contributed by atoms with E-state index in [4.69, 9.17) is 4.74 Å². The van der Waals surface area contributed by atoms with E-state index in [0.717, 1.165) is 0 Å². The molecule has 0 atom stereocenters. The Labute approximate surface area is 174 Å². The van der Waals surface area contributed by atoms with E-state index < -0.39 is 12.0 Å². The highest BCUT2D eigenvalue weighted by Crippen LogP contribution is 2.35. The molecule has 1 aromatic carbocycles. The van der Waals surface area contributed by atoms with Gasteiger partial charge in [-0.1, -0.05) is 18.2 Å². The summed E-state index contributed by atoms with van der Waals surface area (Å²) in [5.74, 6) is -0.785. The summed E-state index contributed by atoms with van der Waals surface area (Å²) < 4.78 is 5.44. The maximum atomic E-state index is 12.4. The molecule has 2 N–H and O–H groups in total. The van der Waals surface area contributed by atoms with Crippen LogP contribution in [0.4, 0.5) is 27.8 Å². The molecule has 0 spiro atoms. The number of anilines is 2. The SMILES string of the molecule is CCN(CC)C(=O)Oc1cc(N=Nc2ccccc2)c(NC(C)=O)nc1NC(C)=O. The van der Waals surface area contributed by atoms with Gasteiger partial charge in [-0.3, -0.25) is 9.59 Å². The zero-order valence-electron chi connectivity index (χ0n) is 17.3. The summed E-state index contributed by atoms with van der Waals surface area (Å²) in [5.41, 5.74) is 0.740. The Balaban J connectivity index is 2.51. The minimum Gasteiger partial charge on any atom is -0.406 e. The molecule has 3 amide bonds. The lowest BCUT2D eigenvalue weighted by molar-refractivity contribution is -0.115. The molecule has 1 aromatic heterocycles. The van der Waals surface area contributed by atoms with Crippen LogP contribution in [0.25, 0.3) is 0 Å². The van der Waals surface area contributed by atoms with Crippen LogP contribution in [0.2, 0.25) is 0 Å². The molecule has 10 heteroatoms. The minimum absolute atomic E-state index is 0.0155. The molecule has 0 unspecified atom stereocenters. The lowest BCUT2D eigenvalue weighted by Crippen LogP contribution is -2.33. The van der Waals surface area contributed by atoms with Crippen LogP contribution in [0.15, 0.2) is 46.6 Å². The summed E-state index contributed by atoms with van der Waals surface area (Å²) in [7, 11) is 0. The first kappa shape index (κ1) is 22.5. The van der Waals surface area contributed by atoms with E-state index in [1.54, 1.807) is 24.3 Å². The molecule has 2 rings (SSSR count). The third-order valence-electron chi connectivity index (χ3n) is 3.80. The van der Waals surface area contributed by atoms with Gasteiger partial charge in [0.15, 0.2) is 17.4 Å². The fourth-order valence-corrected chi connectivity index (χ4v) is 2.40. The Bertz CT molecular complexity index is 942. The van der Waals surface area contributed by atoms with E-state index in [1.807, 2.05) is 19.9 Å². The molecule has 10 nitrogen and oxygen atoms in total. The van der Waals surface area contributed by atoms with Gasteiger partial charge in [-0.05, 0) is 26.0 Å². The first-order valence-electron chi connectivity index (χ1n) is 9.37. The van der Waals surface area contributed by atoms with E-state index in [2.05, 4.69) is 25.8 Å². The van der Waals surface area contributed by atoms with Crippen molar-refractivity contribution in [2.75, 3.05) is 23.7 Å². The molecule has 158 valence electrons. The molecule has 0 saturated carbocycles. The van der Waals surface area contributed by atoms with Crippen molar-refractivity contribution in [3.05, 3.63) is 36.4 Å². The highest BCUT2D eigenvalue weighted by molar-refractivity contribution is 5.94. The number of nitrogens with one attached hydrogen (secondary N) is 2. The van der Waals surface area contributed by atoms with E-state index in [0.29, 0.717) is 18.8 Å². The second-order valence-corrected chi connectivity index (χ2v) is 6.14. The molecule has 2 aromatic rings. The average Bonchev–Trinajstić information content (AvgIpc) is 2.69. The van der Waals surface area contributed by atoms with E-state index in [9.17, 15) is 14.4 Å². The van der Waals surface area contributed by atoms with Crippen LogP contribution in [0.3, 0.4) is 0 Å². The van der Waals surface area contributed by atoms with Gasteiger partial charge in [0, 0.05) is 33.0 Å². The zero-order chi connectivity index (χ0) is 22.1. The number of azo groups is 1. The second-order valence-electron chi connectivity index (χ2n) is 6.14. The summed E-state index contributed by atoms with van der Waals surface area (Å²) in [6, 6.07) is 10.3. The van der Waals surface area contributed by atoms with Gasteiger partial charge < -0.3 is 20.3 Å². The van der Waals surface area contributed by atoms with E-state index >= 15 is 0 Å². The van der Waals surface area contributed by atoms with Gasteiger partial charge >= 0.3 is 6.09 Å². The lowest BCUT2D eigenvalue weighted by atomic mass is 10.3. The van der Waals surface area contributed by atoms with Gasteiger partial charge in [0.25, 0.3) is 0 Å². The van der Waals surface area contributed by atoms with Gasteiger partial charge in [-0.25, -0.2) is 9.78 Å². The van der Waals surface area contributed by atoms with Gasteiger partial charge in [0.2, 0.25) is 11.8 Å². The number of carbonyl (C=O) groups excluding carboxylic acids is 3. The molecular weight excluding hydrogens is 388 g/mol. The third-order valence-corrected chi connectivity index (χ3v) is 3.80. The summed E-state index contributed by atoms with van der Waals surface area (Å²) in [6.45, 7) is 7.13. The van der Waals surface area contributed by atoms with Crippen LogP contribution in [-0.4, -0.2) is 40.9 Å². The van der Waals surface area contributed by atoms with Crippen LogP contribution in [0.1, 0.15) is 27.7 Å². The Morgan fingerprint density at radius 1 is 0.967 bits per heavy atom. The monoisotopic (exact) mass is 412 g/mol. The van der Waals surface area contributed by atoms with Crippen molar-refractivity contribution in [3.8, 4) is 5.75 Å². The molecule has 0 aliphatic heterocycles. The summed E-state index contributed by atoms with van der Waals surface area (Å²) in [5, 5.41) is 13.3. The Hall–Kier alpha value is -3.82. The van der Waals surface area contributed by atoms with Gasteiger partial charge in [0.05, 0.1) is 5.69 Å². The van der Waals surface area contributed by atoms with E-state index in [-0.39, 0.29) is 29.0 Å². The van der Waals surface area contributed by atoms with Crippen molar-refractivity contribution in [1.82, 2.24) is 9.88 Å². The van der Waals surface area contributed by atoms with Crippen LogP contribution < -0.4 is 15.4 Å². The number of amides is 3. The predicted molar refractivity (Wildman–Crippen MR) is 112 cm³/mol. The topological polar surface area (TPSA) is 125 Å². The molecule has 0 fully saturated rings. The van der Waals surface area contributed by atoms with Crippen molar-refractivity contribution < 1.29 is 19.1 Å². The van der Waals surface area contributed by atoms with Crippen molar-refractivity contribution >= 4 is 40.9 Å². The number of nitrogens with zero attached hydrogens (tertiary/aromatic N) is 4. The second kappa shape index (κ2) is 10.6. The quantitative estimate of drug-likeness (QED) is 0.658. The number of hydrogen-bond acceptors (Lipinski definition) is 7. The number of benzene rings is 1. The molecular formula is C20H24N6O4. The predicted octanol–water partition coefficient (Wildman–Crippen LogP) is 4.25. The number of pyridine rings is 1. The van der Waals surface area contributed by atoms with Crippen LogP contribution in [0, 0.1) is 0 Å². The first-order chi connectivity index (χ1) is 14.3.